The summed E-state index contributed by atoms with van der Waals surface area (Å²) in [6.07, 6.45) is 9.71. The van der Waals surface area contributed by atoms with E-state index in [2.05, 4.69) is 36.2 Å². The number of aryl methyl sites for hydroxylation is 2. The Hall–Kier alpha value is -1.64. The lowest BCUT2D eigenvalue weighted by Gasteiger charge is -2.02. The Kier molecular flexibility index (Phi) is 2.81. The number of nitrogens with zero attached hydrogens (tertiary/aromatic N) is 3. The van der Waals surface area contributed by atoms with Gasteiger partial charge >= 0.3 is 0 Å². The van der Waals surface area contributed by atoms with Crippen molar-refractivity contribution in [3.8, 4) is 5.69 Å². The highest BCUT2D eigenvalue weighted by Gasteiger charge is 2.00. The molecule has 2 aromatic heterocycles. The molecule has 78 valence electrons. The molecule has 0 saturated carbocycles. The van der Waals surface area contributed by atoms with Gasteiger partial charge in [0.25, 0.3) is 0 Å². The lowest BCUT2D eigenvalue weighted by molar-refractivity contribution is 0.868. The number of hydrogen-bond acceptors (Lipinski definition) is 2. The van der Waals surface area contributed by atoms with Crippen LogP contribution in [0.4, 0.5) is 0 Å². The van der Waals surface area contributed by atoms with Crippen molar-refractivity contribution < 1.29 is 0 Å². The van der Waals surface area contributed by atoms with Crippen LogP contribution in [0, 0.1) is 0 Å². The predicted molar refractivity (Wildman–Crippen MR) is 60.1 cm³/mol. The quantitative estimate of drug-likeness (QED) is 0.763. The average Bonchev–Trinajstić information content (AvgIpc) is 2.78. The fourth-order valence-corrected chi connectivity index (χ4v) is 1.48. The van der Waals surface area contributed by atoms with E-state index in [-0.39, 0.29) is 0 Å². The van der Waals surface area contributed by atoms with Gasteiger partial charge in [0.1, 0.15) is 0 Å². The molecule has 3 nitrogen and oxygen atoms in total. The Labute approximate surface area is 89.8 Å². The third-order valence-electron chi connectivity index (χ3n) is 2.50. The van der Waals surface area contributed by atoms with Crippen molar-refractivity contribution in [2.24, 2.45) is 0 Å². The number of pyridine rings is 1. The van der Waals surface area contributed by atoms with Crippen molar-refractivity contribution >= 4 is 0 Å². The van der Waals surface area contributed by atoms with Gasteiger partial charge in [-0.25, -0.2) is 4.68 Å². The molecule has 0 aliphatic carbocycles. The zero-order valence-corrected chi connectivity index (χ0v) is 9.14. The molecule has 2 aromatic rings. The van der Waals surface area contributed by atoms with E-state index in [0.29, 0.717) is 0 Å². The van der Waals surface area contributed by atoms with Crippen molar-refractivity contribution in [2.75, 3.05) is 0 Å². The van der Waals surface area contributed by atoms with Crippen LogP contribution in [0.25, 0.3) is 5.69 Å². The fraction of sp³-hybridized carbons (Fsp3) is 0.333. The Morgan fingerprint density at radius 3 is 2.53 bits per heavy atom. The van der Waals surface area contributed by atoms with Crippen LogP contribution in [0.15, 0.2) is 30.9 Å². The second-order valence-corrected chi connectivity index (χ2v) is 3.55. The molecular formula is C12H15N3. The Bertz CT molecular complexity index is 446. The zero-order chi connectivity index (χ0) is 10.7. The van der Waals surface area contributed by atoms with Crippen LogP contribution >= 0.6 is 0 Å². The molecule has 0 unspecified atom stereocenters. The van der Waals surface area contributed by atoms with Gasteiger partial charge in [-0.3, -0.25) is 4.98 Å². The topological polar surface area (TPSA) is 30.7 Å². The van der Waals surface area contributed by atoms with E-state index in [1.807, 2.05) is 23.3 Å². The van der Waals surface area contributed by atoms with Crippen LogP contribution < -0.4 is 0 Å². The van der Waals surface area contributed by atoms with Crippen LogP contribution in [0.1, 0.15) is 25.0 Å². The molecule has 0 saturated heterocycles. The van der Waals surface area contributed by atoms with Gasteiger partial charge in [-0.05, 0) is 30.0 Å². The smallest absolute Gasteiger partial charge is 0.0831 e. The second kappa shape index (κ2) is 4.26. The van der Waals surface area contributed by atoms with Gasteiger partial charge < -0.3 is 0 Å². The molecule has 0 aliphatic rings. The molecule has 15 heavy (non-hydrogen) atoms. The minimum Gasteiger partial charge on any atom is -0.262 e. The number of hydrogen-bond donors (Lipinski definition) is 0. The maximum absolute atomic E-state index is 4.31. The summed E-state index contributed by atoms with van der Waals surface area (Å²) in [5.74, 6) is 0. The normalized spacial score (nSPS) is 10.5. The standard InChI is InChI=1S/C12H15N3/c1-3-10-5-12(8-13-6-10)15-9-11(4-2)7-14-15/h5-9H,3-4H2,1-2H3. The van der Waals surface area contributed by atoms with Gasteiger partial charge in [-0.2, -0.15) is 5.10 Å². The number of aromatic nitrogens is 3. The first-order valence-corrected chi connectivity index (χ1v) is 5.31. The third-order valence-corrected chi connectivity index (χ3v) is 2.50. The summed E-state index contributed by atoms with van der Waals surface area (Å²) in [4.78, 5) is 4.21. The summed E-state index contributed by atoms with van der Waals surface area (Å²) < 4.78 is 1.88. The molecule has 2 rings (SSSR count). The van der Waals surface area contributed by atoms with Crippen LogP contribution in [0.3, 0.4) is 0 Å². The van der Waals surface area contributed by atoms with Gasteiger partial charge in [0.05, 0.1) is 18.1 Å². The summed E-state index contributed by atoms with van der Waals surface area (Å²) in [7, 11) is 0. The first-order chi connectivity index (χ1) is 7.33. The van der Waals surface area contributed by atoms with E-state index < -0.39 is 0 Å². The predicted octanol–water partition coefficient (Wildman–Crippen LogP) is 2.39. The molecule has 0 N–H and O–H groups in total. The van der Waals surface area contributed by atoms with Crippen molar-refractivity contribution in [1.82, 2.24) is 14.8 Å². The van der Waals surface area contributed by atoms with Crippen LogP contribution in [-0.2, 0) is 12.8 Å². The van der Waals surface area contributed by atoms with Gasteiger partial charge in [-0.15, -0.1) is 0 Å². The van der Waals surface area contributed by atoms with Crippen molar-refractivity contribution in [3.05, 3.63) is 42.0 Å². The van der Waals surface area contributed by atoms with E-state index in [4.69, 9.17) is 0 Å². The number of rotatable bonds is 3. The van der Waals surface area contributed by atoms with E-state index in [1.165, 1.54) is 11.1 Å². The second-order valence-electron chi connectivity index (χ2n) is 3.55. The van der Waals surface area contributed by atoms with Crippen molar-refractivity contribution in [2.45, 2.75) is 26.7 Å². The van der Waals surface area contributed by atoms with Gasteiger partial charge in [0.2, 0.25) is 0 Å². The average molecular weight is 201 g/mol. The molecule has 0 atom stereocenters. The highest BCUT2D eigenvalue weighted by molar-refractivity contribution is 5.31. The minimum absolute atomic E-state index is 1.00. The molecular weight excluding hydrogens is 186 g/mol. The molecule has 0 aromatic carbocycles. The Balaban J connectivity index is 2.35. The van der Waals surface area contributed by atoms with E-state index in [0.717, 1.165) is 18.5 Å². The highest BCUT2D eigenvalue weighted by atomic mass is 15.3. The van der Waals surface area contributed by atoms with Crippen molar-refractivity contribution in [1.29, 1.82) is 0 Å². The molecule has 0 spiro atoms. The lowest BCUT2D eigenvalue weighted by Crippen LogP contribution is -1.96. The highest BCUT2D eigenvalue weighted by Crippen LogP contribution is 2.09. The van der Waals surface area contributed by atoms with Crippen LogP contribution in [0.5, 0.6) is 0 Å². The van der Waals surface area contributed by atoms with E-state index in [9.17, 15) is 0 Å². The lowest BCUT2D eigenvalue weighted by atomic mass is 10.2. The largest absolute Gasteiger partial charge is 0.262 e. The van der Waals surface area contributed by atoms with Crippen LogP contribution in [-0.4, -0.2) is 14.8 Å². The van der Waals surface area contributed by atoms with Crippen LogP contribution in [0.2, 0.25) is 0 Å². The SMILES string of the molecule is CCc1cncc(-n2cc(CC)cn2)c1. The minimum atomic E-state index is 1.00. The molecule has 0 amide bonds. The fourth-order valence-electron chi connectivity index (χ4n) is 1.48. The van der Waals surface area contributed by atoms with E-state index >= 15 is 0 Å². The van der Waals surface area contributed by atoms with Gasteiger partial charge in [0.15, 0.2) is 0 Å². The first kappa shape index (κ1) is 9.90. The summed E-state index contributed by atoms with van der Waals surface area (Å²) >= 11 is 0. The third kappa shape index (κ3) is 2.06. The van der Waals surface area contributed by atoms with Gasteiger partial charge in [0, 0.05) is 12.4 Å². The Morgan fingerprint density at radius 2 is 1.87 bits per heavy atom. The summed E-state index contributed by atoms with van der Waals surface area (Å²) in [6, 6.07) is 2.12. The summed E-state index contributed by atoms with van der Waals surface area (Å²) in [5.41, 5.74) is 3.52. The zero-order valence-electron chi connectivity index (χ0n) is 9.14. The summed E-state index contributed by atoms with van der Waals surface area (Å²) in [5, 5.41) is 4.31. The van der Waals surface area contributed by atoms with E-state index in [1.54, 1.807) is 0 Å². The Morgan fingerprint density at radius 1 is 1.07 bits per heavy atom. The van der Waals surface area contributed by atoms with Crippen molar-refractivity contribution in [3.63, 3.8) is 0 Å². The maximum Gasteiger partial charge on any atom is 0.0831 e. The van der Waals surface area contributed by atoms with Gasteiger partial charge in [-0.1, -0.05) is 13.8 Å². The monoisotopic (exact) mass is 201 g/mol. The molecule has 0 aliphatic heterocycles. The molecule has 2 heterocycles. The summed E-state index contributed by atoms with van der Waals surface area (Å²) in [6.45, 7) is 4.25. The molecule has 0 fully saturated rings. The molecule has 3 heteroatoms. The first-order valence-electron chi connectivity index (χ1n) is 5.31. The molecule has 0 radical (unpaired) electrons. The maximum atomic E-state index is 4.31. The molecule has 0 bridgehead atoms.